The van der Waals surface area contributed by atoms with E-state index in [1.54, 1.807) is 0 Å². The average molecular weight is 228 g/mol. The van der Waals surface area contributed by atoms with Crippen LogP contribution in [0.3, 0.4) is 0 Å². The number of benzene rings is 1. The van der Waals surface area contributed by atoms with Gasteiger partial charge in [-0.2, -0.15) is 0 Å². The van der Waals surface area contributed by atoms with Crippen molar-refractivity contribution in [2.24, 2.45) is 0 Å². The van der Waals surface area contributed by atoms with Crippen LogP contribution >= 0.6 is 24.8 Å². The average Bonchev–Trinajstić information content (AvgIpc) is 1.88. The van der Waals surface area contributed by atoms with Gasteiger partial charge in [0.05, 0.1) is 0 Å². The van der Waals surface area contributed by atoms with E-state index in [-0.39, 0.29) is 16.5 Å². The first kappa shape index (κ1) is 11.0. The largest absolute Gasteiger partial charge is 2.00 e. The summed E-state index contributed by atoms with van der Waals surface area (Å²) in [6.07, 6.45) is 0. The molecule has 1 rings (SSSR count). The van der Waals surface area contributed by atoms with Crippen molar-refractivity contribution in [3.05, 3.63) is 30.3 Å². The van der Waals surface area contributed by atoms with Crippen molar-refractivity contribution in [1.29, 1.82) is 0 Å². The Morgan fingerprint density at radius 2 is 1.82 bits per heavy atom. The summed E-state index contributed by atoms with van der Waals surface area (Å²) >= 11 is 8.66. The SMILES string of the molecule is S=C(S)Nc1ccccc1.[Ni+2]. The summed E-state index contributed by atoms with van der Waals surface area (Å²) in [6, 6.07) is 9.69. The maximum atomic E-state index is 4.73. The fraction of sp³-hybridized carbons (Fsp3) is 0. The molecule has 1 aromatic rings. The molecule has 60 valence electrons. The zero-order valence-corrected chi connectivity index (χ0v) is 8.26. The van der Waals surface area contributed by atoms with Crippen LogP contribution in [0.15, 0.2) is 30.3 Å². The van der Waals surface area contributed by atoms with E-state index in [1.165, 1.54) is 0 Å². The molecule has 4 heteroatoms. The van der Waals surface area contributed by atoms with Crippen molar-refractivity contribution in [3.8, 4) is 0 Å². The van der Waals surface area contributed by atoms with Crippen molar-refractivity contribution in [3.63, 3.8) is 0 Å². The molecule has 0 amide bonds. The van der Waals surface area contributed by atoms with E-state index in [0.29, 0.717) is 4.32 Å². The Bertz CT molecular complexity index is 225. The second-order valence-corrected chi connectivity index (χ2v) is 2.95. The van der Waals surface area contributed by atoms with Crippen LogP contribution in [0.2, 0.25) is 0 Å². The number of hydrogen-bond acceptors (Lipinski definition) is 1. The molecule has 0 saturated heterocycles. The van der Waals surface area contributed by atoms with Gasteiger partial charge in [-0.05, 0) is 12.1 Å². The molecule has 0 aromatic heterocycles. The predicted molar refractivity (Wildman–Crippen MR) is 51.6 cm³/mol. The minimum Gasteiger partial charge on any atom is -0.341 e. The third-order valence-corrected chi connectivity index (χ3v) is 1.24. The van der Waals surface area contributed by atoms with Gasteiger partial charge in [0.25, 0.3) is 0 Å². The molecule has 0 spiro atoms. The molecule has 0 atom stereocenters. The normalized spacial score (nSPS) is 8.09. The zero-order chi connectivity index (χ0) is 7.40. The summed E-state index contributed by atoms with van der Waals surface area (Å²) < 4.78 is 0.492. The summed E-state index contributed by atoms with van der Waals surface area (Å²) in [5.41, 5.74) is 0.975. The molecule has 0 aliphatic carbocycles. The molecular weight excluding hydrogens is 221 g/mol. The molecular formula is C7H7NNiS2+2. The first-order valence-electron chi connectivity index (χ1n) is 2.84. The predicted octanol–water partition coefficient (Wildman–Crippen LogP) is 2.31. The molecule has 0 unspecified atom stereocenters. The quantitative estimate of drug-likeness (QED) is 0.434. The molecule has 0 aliphatic heterocycles. The monoisotopic (exact) mass is 227 g/mol. The molecule has 0 saturated carbocycles. The van der Waals surface area contributed by atoms with Gasteiger partial charge in [0.15, 0.2) is 0 Å². The van der Waals surface area contributed by atoms with Crippen LogP contribution in [-0.2, 0) is 16.5 Å². The molecule has 0 bridgehead atoms. The fourth-order valence-electron chi connectivity index (χ4n) is 0.645. The van der Waals surface area contributed by atoms with Gasteiger partial charge in [0, 0.05) is 5.69 Å². The molecule has 0 radical (unpaired) electrons. The fourth-order valence-corrected chi connectivity index (χ4v) is 0.892. The Labute approximate surface area is 86.9 Å². The van der Waals surface area contributed by atoms with E-state index in [0.717, 1.165) is 5.69 Å². The number of thiol groups is 1. The number of nitrogens with one attached hydrogen (secondary N) is 1. The summed E-state index contributed by atoms with van der Waals surface area (Å²) in [4.78, 5) is 0. The van der Waals surface area contributed by atoms with Crippen molar-refractivity contribution in [1.82, 2.24) is 0 Å². The van der Waals surface area contributed by atoms with E-state index in [1.807, 2.05) is 30.3 Å². The van der Waals surface area contributed by atoms with Crippen LogP contribution in [-0.4, -0.2) is 4.32 Å². The van der Waals surface area contributed by atoms with Crippen molar-refractivity contribution in [2.75, 3.05) is 5.32 Å². The molecule has 1 nitrogen and oxygen atoms in total. The Morgan fingerprint density at radius 3 is 2.27 bits per heavy atom. The van der Waals surface area contributed by atoms with Gasteiger partial charge in [-0.15, -0.1) is 12.6 Å². The van der Waals surface area contributed by atoms with Gasteiger partial charge in [-0.25, -0.2) is 0 Å². The van der Waals surface area contributed by atoms with E-state index in [2.05, 4.69) is 17.9 Å². The Kier molecular flexibility index (Phi) is 5.56. The van der Waals surface area contributed by atoms with Crippen LogP contribution < -0.4 is 5.32 Å². The third kappa shape index (κ3) is 4.41. The standard InChI is InChI=1S/C7H7NS2.Ni/c9-7(10)8-6-4-2-1-3-5-6;/h1-5H,(H2,8,9,10);/q;+2. The van der Waals surface area contributed by atoms with Gasteiger partial charge in [-0.1, -0.05) is 30.4 Å². The third-order valence-electron chi connectivity index (χ3n) is 1.03. The molecule has 1 aromatic carbocycles. The van der Waals surface area contributed by atoms with Crippen LogP contribution in [0.4, 0.5) is 5.69 Å². The van der Waals surface area contributed by atoms with E-state index < -0.39 is 0 Å². The summed E-state index contributed by atoms with van der Waals surface area (Å²) in [6.45, 7) is 0. The maximum Gasteiger partial charge on any atom is 2.00 e. The van der Waals surface area contributed by atoms with Crippen LogP contribution in [0.1, 0.15) is 0 Å². The second kappa shape index (κ2) is 5.58. The Morgan fingerprint density at radius 1 is 1.27 bits per heavy atom. The molecule has 1 N–H and O–H groups in total. The zero-order valence-electron chi connectivity index (χ0n) is 5.56. The minimum absolute atomic E-state index is 0. The Hall–Kier alpha value is -0.0465. The van der Waals surface area contributed by atoms with Crippen molar-refractivity contribution >= 4 is 34.9 Å². The van der Waals surface area contributed by atoms with Crippen LogP contribution in [0, 0.1) is 0 Å². The van der Waals surface area contributed by atoms with Crippen molar-refractivity contribution < 1.29 is 16.5 Å². The molecule has 11 heavy (non-hydrogen) atoms. The smallest absolute Gasteiger partial charge is 0.341 e. The van der Waals surface area contributed by atoms with Gasteiger partial charge in [0.2, 0.25) is 0 Å². The van der Waals surface area contributed by atoms with E-state index in [4.69, 9.17) is 12.2 Å². The molecule has 0 fully saturated rings. The van der Waals surface area contributed by atoms with Crippen LogP contribution in [0.25, 0.3) is 0 Å². The molecule has 0 heterocycles. The number of hydrogen-bond donors (Lipinski definition) is 2. The van der Waals surface area contributed by atoms with Crippen LogP contribution in [0.5, 0.6) is 0 Å². The van der Waals surface area contributed by atoms with E-state index >= 15 is 0 Å². The number of rotatable bonds is 1. The minimum atomic E-state index is 0. The number of anilines is 1. The van der Waals surface area contributed by atoms with Gasteiger partial charge < -0.3 is 5.32 Å². The van der Waals surface area contributed by atoms with Gasteiger partial charge in [-0.3, -0.25) is 0 Å². The molecule has 0 aliphatic rings. The number of para-hydroxylation sites is 1. The van der Waals surface area contributed by atoms with Gasteiger partial charge >= 0.3 is 16.5 Å². The summed E-state index contributed by atoms with van der Waals surface area (Å²) in [7, 11) is 0. The topological polar surface area (TPSA) is 12.0 Å². The maximum absolute atomic E-state index is 4.73. The first-order chi connectivity index (χ1) is 4.79. The van der Waals surface area contributed by atoms with E-state index in [9.17, 15) is 0 Å². The number of thiocarbonyl (C=S) groups is 1. The second-order valence-electron chi connectivity index (χ2n) is 1.80. The summed E-state index contributed by atoms with van der Waals surface area (Å²) in [5.74, 6) is 0. The summed E-state index contributed by atoms with van der Waals surface area (Å²) in [5, 5.41) is 2.90. The van der Waals surface area contributed by atoms with Gasteiger partial charge in [0.1, 0.15) is 4.32 Å². The Balaban J connectivity index is 0.000001000. The van der Waals surface area contributed by atoms with Crippen molar-refractivity contribution in [2.45, 2.75) is 0 Å². The first-order valence-corrected chi connectivity index (χ1v) is 3.69.